The van der Waals surface area contributed by atoms with Crippen LogP contribution in [-0.2, 0) is 16.1 Å². The van der Waals surface area contributed by atoms with Crippen LogP contribution in [0.25, 0.3) is 0 Å². The lowest BCUT2D eigenvalue weighted by Crippen LogP contribution is -2.17. The largest absolute Gasteiger partial charge is 0.483 e. The van der Waals surface area contributed by atoms with Crippen LogP contribution in [0.1, 0.15) is 45.2 Å². The van der Waals surface area contributed by atoms with E-state index in [1.54, 1.807) is 18.2 Å². The predicted molar refractivity (Wildman–Crippen MR) is 140 cm³/mol. The van der Waals surface area contributed by atoms with Crippen LogP contribution in [0.15, 0.2) is 36.0 Å². The van der Waals surface area contributed by atoms with E-state index in [4.69, 9.17) is 21.1 Å². The van der Waals surface area contributed by atoms with Crippen LogP contribution in [0.5, 0.6) is 5.75 Å². The maximum Gasteiger partial charge on any atom is 0.341 e. The van der Waals surface area contributed by atoms with Gasteiger partial charge in [0.1, 0.15) is 10.8 Å². The summed E-state index contributed by atoms with van der Waals surface area (Å²) in [6.07, 6.45) is 1.33. The van der Waals surface area contributed by atoms with E-state index in [0.29, 0.717) is 38.9 Å². The number of thiophene rings is 1. The first-order chi connectivity index (χ1) is 16.7. The molecule has 1 atom stereocenters. The van der Waals surface area contributed by atoms with Gasteiger partial charge in [-0.15, -0.1) is 28.1 Å². The third kappa shape index (κ3) is 6.25. The SMILES string of the molecule is C=CCn1c(SCC(=O)Nc2sc(C)c(C)c2C(=O)OC)nnc1C(C)Oc1ccc(Cl)c(C)c1. The van der Waals surface area contributed by atoms with E-state index >= 15 is 0 Å². The molecule has 0 aliphatic heterocycles. The third-order valence-electron chi connectivity index (χ3n) is 5.22. The number of nitrogens with zero attached hydrogens (tertiary/aromatic N) is 3. The van der Waals surface area contributed by atoms with Gasteiger partial charge in [0.15, 0.2) is 17.1 Å². The van der Waals surface area contributed by atoms with Crippen molar-refractivity contribution in [3.63, 3.8) is 0 Å². The monoisotopic (exact) mass is 534 g/mol. The Labute approximate surface area is 217 Å². The number of aryl methyl sites for hydroxylation is 2. The first-order valence-corrected chi connectivity index (χ1v) is 12.9. The normalized spacial score (nSPS) is 11.7. The second-order valence-electron chi connectivity index (χ2n) is 7.73. The van der Waals surface area contributed by atoms with Crippen LogP contribution >= 0.6 is 34.7 Å². The zero-order valence-corrected chi connectivity index (χ0v) is 22.6. The molecule has 186 valence electrons. The highest BCUT2D eigenvalue weighted by molar-refractivity contribution is 7.99. The van der Waals surface area contributed by atoms with Crippen molar-refractivity contribution in [1.29, 1.82) is 0 Å². The first kappa shape index (κ1) is 26.8. The van der Waals surface area contributed by atoms with Crippen molar-refractivity contribution < 1.29 is 19.1 Å². The van der Waals surface area contributed by atoms with Crippen molar-refractivity contribution >= 4 is 51.6 Å². The third-order valence-corrected chi connectivity index (χ3v) is 7.74. The summed E-state index contributed by atoms with van der Waals surface area (Å²) in [6, 6.07) is 5.45. The number of carbonyl (C=O) groups is 2. The van der Waals surface area contributed by atoms with Gasteiger partial charge in [-0.3, -0.25) is 9.36 Å². The standard InChI is InChI=1S/C24H27ClN4O4S2/c1-7-10-29-21(15(4)33-17-8-9-18(25)13(2)11-17)27-28-24(29)34-12-19(30)26-22-20(23(31)32-6)14(3)16(5)35-22/h7-9,11,15H,1,10,12H2,2-6H3,(H,26,30). The lowest BCUT2D eigenvalue weighted by Gasteiger charge is -2.16. The zero-order chi connectivity index (χ0) is 25.7. The second kappa shape index (κ2) is 11.7. The van der Waals surface area contributed by atoms with Gasteiger partial charge in [0, 0.05) is 16.4 Å². The number of aromatic nitrogens is 3. The number of halogens is 1. The quantitative estimate of drug-likeness (QED) is 0.200. The maximum atomic E-state index is 12.7. The predicted octanol–water partition coefficient (Wildman–Crippen LogP) is 5.76. The molecule has 11 heteroatoms. The highest BCUT2D eigenvalue weighted by Gasteiger charge is 2.23. The van der Waals surface area contributed by atoms with E-state index in [1.807, 2.05) is 38.3 Å². The number of anilines is 1. The molecular formula is C24H27ClN4O4S2. The molecule has 0 saturated heterocycles. The molecule has 2 heterocycles. The van der Waals surface area contributed by atoms with Gasteiger partial charge in [-0.25, -0.2) is 4.79 Å². The van der Waals surface area contributed by atoms with Crippen molar-refractivity contribution in [2.24, 2.45) is 0 Å². The number of rotatable bonds is 10. The van der Waals surface area contributed by atoms with Gasteiger partial charge >= 0.3 is 5.97 Å². The fraction of sp³-hybridized carbons (Fsp3) is 0.333. The molecule has 0 bridgehead atoms. The highest BCUT2D eigenvalue weighted by Crippen LogP contribution is 2.33. The number of hydrogen-bond donors (Lipinski definition) is 1. The zero-order valence-electron chi connectivity index (χ0n) is 20.2. The second-order valence-corrected chi connectivity index (χ2v) is 10.3. The van der Waals surface area contributed by atoms with E-state index in [9.17, 15) is 9.59 Å². The molecule has 0 radical (unpaired) electrons. The van der Waals surface area contributed by atoms with Gasteiger partial charge in [0.05, 0.1) is 18.4 Å². The Hall–Kier alpha value is -2.82. The van der Waals surface area contributed by atoms with E-state index in [1.165, 1.54) is 30.2 Å². The van der Waals surface area contributed by atoms with Crippen molar-refractivity contribution in [2.75, 3.05) is 18.2 Å². The van der Waals surface area contributed by atoms with Gasteiger partial charge in [-0.05, 0) is 57.0 Å². The van der Waals surface area contributed by atoms with Crippen molar-refractivity contribution in [3.8, 4) is 5.75 Å². The van der Waals surface area contributed by atoms with Crippen LogP contribution in [0.3, 0.4) is 0 Å². The van der Waals surface area contributed by atoms with E-state index in [0.717, 1.165) is 16.0 Å². The number of nitrogens with one attached hydrogen (secondary N) is 1. The Bertz CT molecular complexity index is 1250. The number of esters is 1. The number of carbonyl (C=O) groups excluding carboxylic acids is 2. The van der Waals surface area contributed by atoms with Gasteiger partial charge in [0.25, 0.3) is 0 Å². The minimum Gasteiger partial charge on any atom is -0.483 e. The molecule has 1 N–H and O–H groups in total. The minimum absolute atomic E-state index is 0.0809. The molecule has 1 unspecified atom stereocenters. The van der Waals surface area contributed by atoms with Gasteiger partial charge < -0.3 is 14.8 Å². The summed E-state index contributed by atoms with van der Waals surface area (Å²) in [4.78, 5) is 25.8. The topological polar surface area (TPSA) is 95.3 Å². The summed E-state index contributed by atoms with van der Waals surface area (Å²) in [5.41, 5.74) is 2.09. The van der Waals surface area contributed by atoms with Crippen LogP contribution in [0.2, 0.25) is 5.02 Å². The Kier molecular flexibility index (Phi) is 8.98. The minimum atomic E-state index is -0.477. The molecule has 2 aromatic heterocycles. The smallest absolute Gasteiger partial charge is 0.341 e. The van der Waals surface area contributed by atoms with Crippen LogP contribution in [-0.4, -0.2) is 39.5 Å². The average Bonchev–Trinajstić information content (AvgIpc) is 3.34. The summed E-state index contributed by atoms with van der Waals surface area (Å²) in [7, 11) is 1.32. The van der Waals surface area contributed by atoms with Crippen molar-refractivity contribution in [3.05, 3.63) is 63.3 Å². The van der Waals surface area contributed by atoms with Gasteiger partial charge in [-0.1, -0.05) is 29.4 Å². The fourth-order valence-electron chi connectivity index (χ4n) is 3.31. The van der Waals surface area contributed by atoms with Gasteiger partial charge in [-0.2, -0.15) is 0 Å². The van der Waals surface area contributed by atoms with Crippen LogP contribution in [0, 0.1) is 20.8 Å². The average molecular weight is 535 g/mol. The summed E-state index contributed by atoms with van der Waals surface area (Å²) in [5.74, 6) is 0.617. The van der Waals surface area contributed by atoms with E-state index in [-0.39, 0.29) is 11.7 Å². The highest BCUT2D eigenvalue weighted by atomic mass is 35.5. The Morgan fingerprint density at radius 1 is 1.31 bits per heavy atom. The molecule has 3 rings (SSSR count). The lowest BCUT2D eigenvalue weighted by molar-refractivity contribution is -0.113. The summed E-state index contributed by atoms with van der Waals surface area (Å²) >= 11 is 8.69. The van der Waals surface area contributed by atoms with Crippen LogP contribution in [0.4, 0.5) is 5.00 Å². The molecule has 8 nitrogen and oxygen atoms in total. The molecule has 1 amide bonds. The summed E-state index contributed by atoms with van der Waals surface area (Å²) in [5, 5.41) is 13.1. The maximum absolute atomic E-state index is 12.7. The molecular weight excluding hydrogens is 508 g/mol. The molecule has 0 aliphatic carbocycles. The molecule has 0 fully saturated rings. The van der Waals surface area contributed by atoms with Crippen molar-refractivity contribution in [1.82, 2.24) is 14.8 Å². The molecule has 35 heavy (non-hydrogen) atoms. The number of methoxy groups -OCH3 is 1. The van der Waals surface area contributed by atoms with E-state index < -0.39 is 12.1 Å². The summed E-state index contributed by atoms with van der Waals surface area (Å²) in [6.45, 7) is 11.8. The van der Waals surface area contributed by atoms with E-state index in [2.05, 4.69) is 22.1 Å². The lowest BCUT2D eigenvalue weighted by atomic mass is 10.1. The Morgan fingerprint density at radius 3 is 2.71 bits per heavy atom. The number of thioether (sulfide) groups is 1. The first-order valence-electron chi connectivity index (χ1n) is 10.7. The van der Waals surface area contributed by atoms with Gasteiger partial charge in [0.2, 0.25) is 5.91 Å². The number of hydrogen-bond acceptors (Lipinski definition) is 8. The fourth-order valence-corrected chi connectivity index (χ4v) is 5.25. The summed E-state index contributed by atoms with van der Waals surface area (Å²) < 4.78 is 12.8. The molecule has 3 aromatic rings. The number of ether oxygens (including phenoxy) is 2. The molecule has 1 aromatic carbocycles. The Balaban J connectivity index is 1.71. The molecule has 0 saturated carbocycles. The number of benzene rings is 1. The number of allylic oxidation sites excluding steroid dienone is 1. The van der Waals surface area contributed by atoms with Crippen molar-refractivity contribution in [2.45, 2.75) is 45.5 Å². The number of amides is 1. The Morgan fingerprint density at radius 2 is 2.06 bits per heavy atom. The van der Waals surface area contributed by atoms with Crippen LogP contribution < -0.4 is 10.1 Å². The molecule has 0 aliphatic rings. The molecule has 0 spiro atoms.